The summed E-state index contributed by atoms with van der Waals surface area (Å²) >= 11 is 0. The number of aromatic nitrogens is 2. The minimum absolute atomic E-state index is 0.0694. The fourth-order valence-corrected chi connectivity index (χ4v) is 3.45. The summed E-state index contributed by atoms with van der Waals surface area (Å²) in [5.41, 5.74) is 3.44. The van der Waals surface area contributed by atoms with Crippen LogP contribution in [0.1, 0.15) is 35.0 Å². The molecule has 1 saturated heterocycles. The average molecular weight is 331 g/mol. The number of carbonyl (C=O) groups is 1. The highest BCUT2D eigenvalue weighted by atomic mass is 19.1. The van der Waals surface area contributed by atoms with Crippen LogP contribution in [0.25, 0.3) is 0 Å². The molecule has 0 radical (unpaired) electrons. The Bertz CT molecular complexity index is 772. The fraction of sp³-hybridized carbons (Fsp3) is 0.444. The summed E-state index contributed by atoms with van der Waals surface area (Å²) in [6, 6.07) is 5.95. The van der Waals surface area contributed by atoms with E-state index in [-0.39, 0.29) is 30.7 Å². The van der Waals surface area contributed by atoms with Gasteiger partial charge in [0.05, 0.1) is 24.3 Å². The summed E-state index contributed by atoms with van der Waals surface area (Å²) in [6.45, 7) is 4.10. The Hall–Kier alpha value is -2.21. The lowest BCUT2D eigenvalue weighted by Gasteiger charge is -2.25. The van der Waals surface area contributed by atoms with Crippen molar-refractivity contribution in [2.75, 3.05) is 6.54 Å². The van der Waals surface area contributed by atoms with Gasteiger partial charge in [-0.3, -0.25) is 9.48 Å². The van der Waals surface area contributed by atoms with Crippen LogP contribution in [0, 0.1) is 19.7 Å². The van der Waals surface area contributed by atoms with Crippen LogP contribution in [0.4, 0.5) is 4.39 Å². The van der Waals surface area contributed by atoms with Crippen LogP contribution in [0.15, 0.2) is 24.3 Å². The van der Waals surface area contributed by atoms with Gasteiger partial charge in [0, 0.05) is 24.8 Å². The second-order valence-corrected chi connectivity index (χ2v) is 6.46. The molecule has 24 heavy (non-hydrogen) atoms. The van der Waals surface area contributed by atoms with E-state index in [9.17, 15) is 14.3 Å². The maximum Gasteiger partial charge on any atom is 0.227 e. The Morgan fingerprint density at radius 3 is 2.79 bits per heavy atom. The maximum atomic E-state index is 13.5. The Morgan fingerprint density at radius 1 is 1.42 bits per heavy atom. The van der Waals surface area contributed by atoms with Gasteiger partial charge in [0.25, 0.3) is 0 Å². The lowest BCUT2D eigenvalue weighted by atomic mass is 10.0. The smallest absolute Gasteiger partial charge is 0.227 e. The number of hydrogen-bond acceptors (Lipinski definition) is 3. The number of aliphatic hydroxyl groups is 1. The van der Waals surface area contributed by atoms with E-state index in [2.05, 4.69) is 5.10 Å². The third-order valence-corrected chi connectivity index (χ3v) is 4.82. The van der Waals surface area contributed by atoms with E-state index in [0.717, 1.165) is 22.5 Å². The number of β-amino-alcohol motifs (C(OH)–C–C–N with tert-alkyl or cyclic N) is 1. The quantitative estimate of drug-likeness (QED) is 0.936. The molecule has 0 saturated carbocycles. The number of carbonyl (C=O) groups excluding carboxylic acids is 1. The van der Waals surface area contributed by atoms with E-state index in [4.69, 9.17) is 0 Å². The van der Waals surface area contributed by atoms with Crippen molar-refractivity contribution >= 4 is 5.91 Å². The zero-order chi connectivity index (χ0) is 17.4. The van der Waals surface area contributed by atoms with Gasteiger partial charge in [0.1, 0.15) is 5.82 Å². The van der Waals surface area contributed by atoms with Crippen LogP contribution in [-0.2, 0) is 18.3 Å². The van der Waals surface area contributed by atoms with E-state index < -0.39 is 6.10 Å². The maximum absolute atomic E-state index is 13.5. The van der Waals surface area contributed by atoms with Gasteiger partial charge in [-0.05, 0) is 38.0 Å². The number of hydrogen-bond donors (Lipinski definition) is 1. The molecule has 3 rings (SSSR count). The van der Waals surface area contributed by atoms with Crippen LogP contribution >= 0.6 is 0 Å². The number of aryl methyl sites for hydroxylation is 2. The van der Waals surface area contributed by atoms with Gasteiger partial charge in [0.15, 0.2) is 0 Å². The summed E-state index contributed by atoms with van der Waals surface area (Å²) in [7, 11) is 1.85. The monoisotopic (exact) mass is 331 g/mol. The molecule has 2 heterocycles. The zero-order valence-electron chi connectivity index (χ0n) is 14.2. The second-order valence-electron chi connectivity index (χ2n) is 6.46. The SMILES string of the molecule is Cc1nn(C)c(C)c1CC(=O)N1C[C@H](O)C[C@H]1c1cccc(F)c1. The van der Waals surface area contributed by atoms with Crippen LogP contribution in [0.5, 0.6) is 0 Å². The van der Waals surface area contributed by atoms with E-state index in [1.165, 1.54) is 12.1 Å². The van der Waals surface area contributed by atoms with Gasteiger partial charge in [-0.2, -0.15) is 5.10 Å². The van der Waals surface area contributed by atoms with Gasteiger partial charge in [0.2, 0.25) is 5.91 Å². The number of nitrogens with zero attached hydrogens (tertiary/aromatic N) is 3. The molecule has 0 unspecified atom stereocenters. The topological polar surface area (TPSA) is 58.4 Å². The third kappa shape index (κ3) is 3.06. The van der Waals surface area contributed by atoms with Crippen LogP contribution in [0.2, 0.25) is 0 Å². The number of benzene rings is 1. The lowest BCUT2D eigenvalue weighted by molar-refractivity contribution is -0.131. The molecule has 5 nitrogen and oxygen atoms in total. The minimum Gasteiger partial charge on any atom is -0.391 e. The molecule has 1 fully saturated rings. The molecule has 1 amide bonds. The molecule has 1 aromatic heterocycles. The van der Waals surface area contributed by atoms with Gasteiger partial charge >= 0.3 is 0 Å². The molecule has 1 aliphatic heterocycles. The van der Waals surface area contributed by atoms with Crippen LogP contribution in [-0.4, -0.2) is 38.3 Å². The Labute approximate surface area is 140 Å². The summed E-state index contributed by atoms with van der Waals surface area (Å²) in [4.78, 5) is 14.5. The molecule has 1 N–H and O–H groups in total. The van der Waals surface area contributed by atoms with E-state index >= 15 is 0 Å². The predicted octanol–water partition coefficient (Wildman–Crippen LogP) is 2.05. The first-order valence-corrected chi connectivity index (χ1v) is 8.09. The molecule has 2 atom stereocenters. The zero-order valence-corrected chi connectivity index (χ0v) is 14.2. The van der Waals surface area contributed by atoms with Crippen LogP contribution in [0.3, 0.4) is 0 Å². The predicted molar refractivity (Wildman–Crippen MR) is 87.9 cm³/mol. The number of rotatable bonds is 3. The summed E-state index contributed by atoms with van der Waals surface area (Å²) in [6.07, 6.45) is 0.0860. The molecule has 6 heteroatoms. The average Bonchev–Trinajstić information content (AvgIpc) is 3.03. The van der Waals surface area contributed by atoms with Crippen molar-refractivity contribution < 1.29 is 14.3 Å². The van der Waals surface area contributed by atoms with Crippen molar-refractivity contribution in [3.63, 3.8) is 0 Å². The largest absolute Gasteiger partial charge is 0.391 e. The summed E-state index contributed by atoms with van der Waals surface area (Å²) in [5, 5.41) is 14.4. The highest BCUT2D eigenvalue weighted by molar-refractivity contribution is 5.80. The minimum atomic E-state index is -0.585. The molecule has 0 aliphatic carbocycles. The molecule has 1 aromatic carbocycles. The number of likely N-dealkylation sites (tertiary alicyclic amines) is 1. The van der Waals surface area contributed by atoms with Crippen molar-refractivity contribution in [2.24, 2.45) is 7.05 Å². The van der Waals surface area contributed by atoms with Gasteiger partial charge < -0.3 is 10.0 Å². The van der Waals surface area contributed by atoms with Crippen molar-refractivity contribution in [3.8, 4) is 0 Å². The number of amides is 1. The highest BCUT2D eigenvalue weighted by Crippen LogP contribution is 2.33. The molecule has 1 aliphatic rings. The Kier molecular flexibility index (Phi) is 4.41. The number of aliphatic hydroxyl groups excluding tert-OH is 1. The van der Waals surface area contributed by atoms with E-state index in [1.807, 2.05) is 20.9 Å². The standard InChI is InChI=1S/C18H22FN3O2/c1-11-16(12(2)21(3)20-11)9-18(24)22-10-15(23)8-17(22)13-5-4-6-14(19)7-13/h4-7,15,17,23H,8-10H2,1-3H3/t15-,17+/m1/s1. The normalized spacial score (nSPS) is 20.6. The third-order valence-electron chi connectivity index (χ3n) is 4.82. The molecule has 128 valence electrons. The van der Waals surface area contributed by atoms with Gasteiger partial charge in [-0.25, -0.2) is 4.39 Å². The first-order valence-electron chi connectivity index (χ1n) is 8.09. The fourth-order valence-electron chi connectivity index (χ4n) is 3.45. The van der Waals surface area contributed by atoms with E-state index in [1.54, 1.807) is 21.7 Å². The van der Waals surface area contributed by atoms with Crippen molar-refractivity contribution in [2.45, 2.75) is 38.8 Å². The molecular weight excluding hydrogens is 309 g/mol. The highest BCUT2D eigenvalue weighted by Gasteiger charge is 2.35. The summed E-state index contributed by atoms with van der Waals surface area (Å²) in [5.74, 6) is -0.403. The van der Waals surface area contributed by atoms with Crippen molar-refractivity contribution in [3.05, 3.63) is 52.6 Å². The number of halogens is 1. The summed E-state index contributed by atoms with van der Waals surface area (Å²) < 4.78 is 15.3. The molecule has 2 aromatic rings. The van der Waals surface area contributed by atoms with E-state index in [0.29, 0.717) is 6.42 Å². The van der Waals surface area contributed by atoms with Crippen LogP contribution < -0.4 is 0 Å². The lowest BCUT2D eigenvalue weighted by Crippen LogP contribution is -2.33. The Balaban J connectivity index is 1.84. The van der Waals surface area contributed by atoms with Crippen molar-refractivity contribution in [1.29, 1.82) is 0 Å². The van der Waals surface area contributed by atoms with Crippen molar-refractivity contribution in [1.82, 2.24) is 14.7 Å². The van der Waals surface area contributed by atoms with Gasteiger partial charge in [-0.1, -0.05) is 12.1 Å². The molecular formula is C18H22FN3O2. The molecule has 0 bridgehead atoms. The first-order chi connectivity index (χ1) is 11.4. The van der Waals surface area contributed by atoms with Gasteiger partial charge in [-0.15, -0.1) is 0 Å². The first kappa shape index (κ1) is 16.6. The molecule has 0 spiro atoms. The second kappa shape index (κ2) is 6.36. The Morgan fingerprint density at radius 2 is 2.17 bits per heavy atom.